The van der Waals surface area contributed by atoms with Gasteiger partial charge in [0, 0.05) is 5.54 Å². The lowest BCUT2D eigenvalue weighted by atomic mass is 9.94. The van der Waals surface area contributed by atoms with Crippen molar-refractivity contribution in [1.82, 2.24) is 16.2 Å². The van der Waals surface area contributed by atoms with Crippen molar-refractivity contribution in [2.45, 2.75) is 52.0 Å². The Morgan fingerprint density at radius 2 is 1.81 bits per heavy atom. The predicted molar refractivity (Wildman–Crippen MR) is 90.9 cm³/mol. The molecule has 0 aliphatic heterocycles. The third-order valence-corrected chi connectivity index (χ3v) is 3.09. The fraction of sp³-hybridized carbons (Fsp3) is 0.500. The zero-order valence-electron chi connectivity index (χ0n) is 13.2. The number of nitrogens with one attached hydrogen (secondary N) is 3. The second-order valence-corrected chi connectivity index (χ2v) is 6.48. The molecule has 21 heavy (non-hydrogen) atoms. The highest BCUT2D eigenvalue weighted by atomic mass is 32.1. The Morgan fingerprint density at radius 1 is 1.19 bits per heavy atom. The molecule has 0 aliphatic carbocycles. The third-order valence-electron chi connectivity index (χ3n) is 2.88. The maximum absolute atomic E-state index is 12.3. The van der Waals surface area contributed by atoms with Gasteiger partial charge in [0.25, 0.3) is 0 Å². The molecule has 1 aromatic rings. The Balaban J connectivity index is 2.60. The molecular weight excluding hydrogens is 282 g/mol. The third kappa shape index (κ3) is 6.58. The number of benzene rings is 1. The van der Waals surface area contributed by atoms with E-state index in [4.69, 9.17) is 12.2 Å². The number of amides is 1. The highest BCUT2D eigenvalue weighted by Crippen LogP contribution is 2.20. The van der Waals surface area contributed by atoms with Crippen molar-refractivity contribution in [3.05, 3.63) is 35.9 Å². The van der Waals surface area contributed by atoms with Crippen LogP contribution in [0.5, 0.6) is 0 Å². The summed E-state index contributed by atoms with van der Waals surface area (Å²) in [5, 5.41) is 3.51. The number of hydrogen-bond donors (Lipinski definition) is 3. The molecule has 1 aromatic carbocycles. The summed E-state index contributed by atoms with van der Waals surface area (Å²) >= 11 is 5.15. The number of hydrazine groups is 1. The lowest BCUT2D eigenvalue weighted by Crippen LogP contribution is -2.53. The van der Waals surface area contributed by atoms with E-state index in [1.807, 2.05) is 51.1 Å². The smallest absolute Gasteiger partial charge is 0.245 e. The van der Waals surface area contributed by atoms with Crippen LogP contribution in [0, 0.1) is 0 Å². The van der Waals surface area contributed by atoms with E-state index in [9.17, 15) is 4.79 Å². The molecule has 0 saturated carbocycles. The van der Waals surface area contributed by atoms with Crippen LogP contribution >= 0.6 is 12.2 Å². The van der Waals surface area contributed by atoms with Crippen molar-refractivity contribution in [2.24, 2.45) is 0 Å². The van der Waals surface area contributed by atoms with E-state index in [1.165, 1.54) is 0 Å². The zero-order chi connectivity index (χ0) is 15.9. The summed E-state index contributed by atoms with van der Waals surface area (Å²) in [5.41, 5.74) is 6.34. The van der Waals surface area contributed by atoms with E-state index in [0.717, 1.165) is 18.4 Å². The van der Waals surface area contributed by atoms with Gasteiger partial charge in [-0.05, 0) is 45.0 Å². The minimum atomic E-state index is -0.166. The average Bonchev–Trinajstić information content (AvgIpc) is 2.41. The quantitative estimate of drug-likeness (QED) is 0.591. The molecular formula is C16H25N3OS. The first kappa shape index (κ1) is 17.4. The first-order valence-corrected chi connectivity index (χ1v) is 7.67. The summed E-state index contributed by atoms with van der Waals surface area (Å²) in [5.74, 6) is -0.234. The van der Waals surface area contributed by atoms with Gasteiger partial charge in [-0.15, -0.1) is 0 Å². The molecule has 4 nitrogen and oxygen atoms in total. The summed E-state index contributed by atoms with van der Waals surface area (Å²) < 4.78 is 0. The van der Waals surface area contributed by atoms with Gasteiger partial charge in [0.15, 0.2) is 5.11 Å². The van der Waals surface area contributed by atoms with Crippen LogP contribution < -0.4 is 16.2 Å². The standard InChI is InChI=1S/C16H25N3OS/c1-5-9-13(12-10-7-6-8-11-12)14(20)18-19-15(21)17-16(2,3)4/h6-8,10-11,13H,5,9H2,1-4H3,(H,18,20)(H2,17,19,21)/t13-/m0/s1. The molecule has 0 unspecified atom stereocenters. The molecule has 0 fully saturated rings. The van der Waals surface area contributed by atoms with E-state index in [-0.39, 0.29) is 17.4 Å². The molecule has 0 saturated heterocycles. The van der Waals surface area contributed by atoms with Crippen LogP contribution in [0.25, 0.3) is 0 Å². The number of thiocarbonyl (C=S) groups is 1. The van der Waals surface area contributed by atoms with Crippen LogP contribution in [0.4, 0.5) is 0 Å². The first-order chi connectivity index (χ1) is 9.83. The highest BCUT2D eigenvalue weighted by Gasteiger charge is 2.20. The maximum atomic E-state index is 12.3. The van der Waals surface area contributed by atoms with Crippen molar-refractivity contribution in [1.29, 1.82) is 0 Å². The summed E-state index contributed by atoms with van der Waals surface area (Å²) in [6.45, 7) is 8.09. The first-order valence-electron chi connectivity index (χ1n) is 7.26. The van der Waals surface area contributed by atoms with Crippen LogP contribution in [0.15, 0.2) is 30.3 Å². The van der Waals surface area contributed by atoms with E-state index in [0.29, 0.717) is 5.11 Å². The molecule has 116 valence electrons. The highest BCUT2D eigenvalue weighted by molar-refractivity contribution is 7.80. The number of hydrogen-bond acceptors (Lipinski definition) is 2. The Kier molecular flexibility index (Phi) is 6.62. The molecule has 0 heterocycles. The molecule has 0 bridgehead atoms. The monoisotopic (exact) mass is 307 g/mol. The van der Waals surface area contributed by atoms with Crippen LogP contribution in [0.3, 0.4) is 0 Å². The summed E-state index contributed by atoms with van der Waals surface area (Å²) in [4.78, 5) is 12.3. The lowest BCUT2D eigenvalue weighted by molar-refractivity contribution is -0.123. The van der Waals surface area contributed by atoms with E-state index in [1.54, 1.807) is 0 Å². The molecule has 0 aromatic heterocycles. The number of carbonyl (C=O) groups is 1. The van der Waals surface area contributed by atoms with E-state index >= 15 is 0 Å². The predicted octanol–water partition coefficient (Wildman–Crippen LogP) is 2.86. The minimum absolute atomic E-state index is 0.0684. The van der Waals surface area contributed by atoms with Crippen molar-refractivity contribution >= 4 is 23.2 Å². The van der Waals surface area contributed by atoms with Crippen molar-refractivity contribution in [2.75, 3.05) is 0 Å². The largest absolute Gasteiger partial charge is 0.357 e. The molecule has 3 N–H and O–H groups in total. The molecule has 1 atom stereocenters. The normalized spacial score (nSPS) is 12.4. The van der Waals surface area contributed by atoms with Gasteiger partial charge in [-0.3, -0.25) is 15.6 Å². The molecule has 1 rings (SSSR count). The van der Waals surface area contributed by atoms with Gasteiger partial charge in [-0.1, -0.05) is 43.7 Å². The molecule has 5 heteroatoms. The van der Waals surface area contributed by atoms with Crippen molar-refractivity contribution < 1.29 is 4.79 Å². The Hall–Kier alpha value is -1.62. The topological polar surface area (TPSA) is 53.2 Å². The Bertz CT molecular complexity index is 468. The molecule has 0 aliphatic rings. The molecule has 0 radical (unpaired) electrons. The number of carbonyl (C=O) groups excluding carboxylic acids is 1. The lowest BCUT2D eigenvalue weighted by Gasteiger charge is -2.24. The van der Waals surface area contributed by atoms with Gasteiger partial charge < -0.3 is 5.32 Å². The van der Waals surface area contributed by atoms with E-state index < -0.39 is 0 Å². The van der Waals surface area contributed by atoms with Crippen molar-refractivity contribution in [3.63, 3.8) is 0 Å². The Morgan fingerprint density at radius 3 is 2.33 bits per heavy atom. The van der Waals surface area contributed by atoms with Crippen LogP contribution in [0.2, 0.25) is 0 Å². The van der Waals surface area contributed by atoms with Gasteiger partial charge in [0.2, 0.25) is 5.91 Å². The summed E-state index contributed by atoms with van der Waals surface area (Å²) in [7, 11) is 0. The van der Waals surface area contributed by atoms with Crippen LogP contribution in [0.1, 0.15) is 52.0 Å². The minimum Gasteiger partial charge on any atom is -0.357 e. The maximum Gasteiger partial charge on any atom is 0.245 e. The fourth-order valence-electron chi connectivity index (χ4n) is 2.00. The Labute approximate surface area is 132 Å². The fourth-order valence-corrected chi connectivity index (χ4v) is 2.36. The van der Waals surface area contributed by atoms with Gasteiger partial charge in [-0.2, -0.15) is 0 Å². The van der Waals surface area contributed by atoms with Crippen LogP contribution in [-0.2, 0) is 4.79 Å². The summed E-state index contributed by atoms with van der Waals surface area (Å²) in [6.07, 6.45) is 1.74. The van der Waals surface area contributed by atoms with Gasteiger partial charge >= 0.3 is 0 Å². The van der Waals surface area contributed by atoms with Gasteiger partial charge in [0.1, 0.15) is 0 Å². The molecule has 0 spiro atoms. The van der Waals surface area contributed by atoms with Crippen LogP contribution in [-0.4, -0.2) is 16.6 Å². The SMILES string of the molecule is CCC[C@H](C(=O)NNC(=S)NC(C)(C)C)c1ccccc1. The zero-order valence-corrected chi connectivity index (χ0v) is 14.0. The second-order valence-electron chi connectivity index (χ2n) is 6.07. The van der Waals surface area contributed by atoms with E-state index in [2.05, 4.69) is 23.1 Å². The summed E-state index contributed by atoms with van der Waals surface area (Å²) in [6, 6.07) is 9.80. The number of rotatable bonds is 4. The average molecular weight is 307 g/mol. The molecule has 1 amide bonds. The van der Waals surface area contributed by atoms with Crippen molar-refractivity contribution in [3.8, 4) is 0 Å². The second kappa shape index (κ2) is 7.98. The van der Waals surface area contributed by atoms with Gasteiger partial charge in [-0.25, -0.2) is 0 Å². The van der Waals surface area contributed by atoms with Gasteiger partial charge in [0.05, 0.1) is 5.92 Å².